The summed E-state index contributed by atoms with van der Waals surface area (Å²) in [5.41, 5.74) is 9.18. The van der Waals surface area contributed by atoms with Crippen LogP contribution in [0.1, 0.15) is 38.8 Å². The van der Waals surface area contributed by atoms with E-state index in [9.17, 15) is 4.79 Å². The molecule has 0 aromatic heterocycles. The van der Waals surface area contributed by atoms with Crippen molar-refractivity contribution in [3.05, 3.63) is 54.1 Å². The molecule has 2 aromatic carbocycles. The Hall–Kier alpha value is -2.04. The highest BCUT2D eigenvalue weighted by Crippen LogP contribution is 2.30. The average molecular weight is 377 g/mol. The van der Waals surface area contributed by atoms with Gasteiger partial charge in [-0.05, 0) is 30.0 Å². The Labute approximate surface area is 162 Å². The maximum atomic E-state index is 12.2. The summed E-state index contributed by atoms with van der Waals surface area (Å²) in [5, 5.41) is 3.00. The second kappa shape index (κ2) is 10.2. The van der Waals surface area contributed by atoms with Gasteiger partial charge in [-0.15, -0.1) is 12.4 Å². The minimum atomic E-state index is -0.472. The van der Waals surface area contributed by atoms with E-state index < -0.39 is 6.04 Å². The molecule has 0 fully saturated rings. The number of hydrogen-bond donors (Lipinski definition) is 2. The number of hydrogen-bond acceptors (Lipinski definition) is 3. The van der Waals surface area contributed by atoms with Gasteiger partial charge in [-0.25, -0.2) is 0 Å². The predicted molar refractivity (Wildman–Crippen MR) is 110 cm³/mol. The summed E-state index contributed by atoms with van der Waals surface area (Å²) in [6.07, 6.45) is 0.885. The van der Waals surface area contributed by atoms with Crippen LogP contribution in [0.25, 0.3) is 11.1 Å². The molecule has 0 saturated carbocycles. The summed E-state index contributed by atoms with van der Waals surface area (Å²) < 4.78 is 5.42. The van der Waals surface area contributed by atoms with Crippen LogP contribution in [0.3, 0.4) is 0 Å². The van der Waals surface area contributed by atoms with Crippen molar-refractivity contribution in [3.8, 4) is 16.9 Å². The SMILES string of the molecule is CCC(C)C(N)C(=O)NC(C)c1ccc(-c2ccccc2OC)cc1.Cl. The molecule has 0 bridgehead atoms. The van der Waals surface area contributed by atoms with Crippen LogP contribution in [0.4, 0.5) is 0 Å². The molecule has 0 aliphatic heterocycles. The molecule has 2 rings (SSSR count). The fourth-order valence-electron chi connectivity index (χ4n) is 2.74. The van der Waals surface area contributed by atoms with Crippen LogP contribution in [0.15, 0.2) is 48.5 Å². The molecule has 0 aliphatic rings. The second-order valence-electron chi connectivity index (χ2n) is 6.46. The molecule has 26 heavy (non-hydrogen) atoms. The number of nitrogens with one attached hydrogen (secondary N) is 1. The highest BCUT2D eigenvalue weighted by atomic mass is 35.5. The molecule has 142 valence electrons. The van der Waals surface area contributed by atoms with Gasteiger partial charge >= 0.3 is 0 Å². The minimum absolute atomic E-state index is 0. The van der Waals surface area contributed by atoms with E-state index in [1.165, 1.54) is 0 Å². The zero-order chi connectivity index (χ0) is 18.4. The molecule has 3 N–H and O–H groups in total. The molecule has 0 heterocycles. The van der Waals surface area contributed by atoms with E-state index in [2.05, 4.69) is 5.32 Å². The zero-order valence-corrected chi connectivity index (χ0v) is 16.7. The van der Waals surface area contributed by atoms with Crippen LogP contribution in [0, 0.1) is 5.92 Å². The molecular weight excluding hydrogens is 348 g/mol. The van der Waals surface area contributed by atoms with Crippen molar-refractivity contribution < 1.29 is 9.53 Å². The summed E-state index contributed by atoms with van der Waals surface area (Å²) >= 11 is 0. The van der Waals surface area contributed by atoms with Gasteiger partial charge in [0.15, 0.2) is 0 Å². The number of ether oxygens (including phenoxy) is 1. The number of rotatable bonds is 7. The molecule has 1 amide bonds. The standard InChI is InChI=1S/C21H28N2O2.ClH/c1-5-14(2)20(22)21(24)23-15(3)16-10-12-17(13-11-16)18-8-6-7-9-19(18)25-4;/h6-15,20H,5,22H2,1-4H3,(H,23,24);1H. The maximum absolute atomic E-state index is 12.2. The topological polar surface area (TPSA) is 64.4 Å². The van der Waals surface area contributed by atoms with E-state index in [-0.39, 0.29) is 30.3 Å². The van der Waals surface area contributed by atoms with Crippen LogP contribution in [0.2, 0.25) is 0 Å². The molecule has 3 atom stereocenters. The summed E-state index contributed by atoms with van der Waals surface area (Å²) in [4.78, 5) is 12.2. The van der Waals surface area contributed by atoms with E-state index in [1.807, 2.05) is 69.3 Å². The lowest BCUT2D eigenvalue weighted by atomic mass is 9.98. The molecule has 2 aromatic rings. The van der Waals surface area contributed by atoms with Crippen LogP contribution >= 0.6 is 12.4 Å². The lowest BCUT2D eigenvalue weighted by Crippen LogP contribution is -2.45. The summed E-state index contributed by atoms with van der Waals surface area (Å²) in [5.74, 6) is 0.909. The van der Waals surface area contributed by atoms with Gasteiger partial charge in [0.2, 0.25) is 5.91 Å². The smallest absolute Gasteiger partial charge is 0.237 e. The van der Waals surface area contributed by atoms with Gasteiger partial charge in [-0.1, -0.05) is 62.7 Å². The quantitative estimate of drug-likeness (QED) is 0.755. The average Bonchev–Trinajstić information content (AvgIpc) is 2.66. The largest absolute Gasteiger partial charge is 0.496 e. The first kappa shape index (κ1) is 22.0. The Balaban J connectivity index is 0.00000338. The molecule has 0 radical (unpaired) electrons. The van der Waals surface area contributed by atoms with E-state index in [1.54, 1.807) is 7.11 Å². The van der Waals surface area contributed by atoms with Gasteiger partial charge in [-0.2, -0.15) is 0 Å². The van der Waals surface area contributed by atoms with E-state index in [4.69, 9.17) is 10.5 Å². The Morgan fingerprint density at radius 1 is 1.12 bits per heavy atom. The molecule has 0 aliphatic carbocycles. The van der Waals surface area contributed by atoms with Crippen molar-refractivity contribution in [3.63, 3.8) is 0 Å². The second-order valence-corrected chi connectivity index (χ2v) is 6.46. The lowest BCUT2D eigenvalue weighted by molar-refractivity contribution is -0.124. The van der Waals surface area contributed by atoms with Gasteiger partial charge in [0.25, 0.3) is 0 Å². The van der Waals surface area contributed by atoms with Gasteiger partial charge in [0.05, 0.1) is 19.2 Å². The predicted octanol–water partition coefficient (Wildman–Crippen LogP) is 4.33. The number of para-hydroxylation sites is 1. The van der Waals surface area contributed by atoms with E-state index in [0.717, 1.165) is 28.9 Å². The molecule has 5 heteroatoms. The number of halogens is 1. The van der Waals surface area contributed by atoms with Crippen LogP contribution in [-0.2, 0) is 4.79 Å². The highest BCUT2D eigenvalue weighted by Gasteiger charge is 2.21. The van der Waals surface area contributed by atoms with Crippen molar-refractivity contribution >= 4 is 18.3 Å². The van der Waals surface area contributed by atoms with E-state index >= 15 is 0 Å². The van der Waals surface area contributed by atoms with E-state index in [0.29, 0.717) is 0 Å². The van der Waals surface area contributed by atoms with Gasteiger partial charge in [-0.3, -0.25) is 4.79 Å². The third kappa shape index (κ3) is 5.23. The van der Waals surface area contributed by atoms with Gasteiger partial charge in [0.1, 0.15) is 5.75 Å². The van der Waals surface area contributed by atoms with Crippen molar-refractivity contribution in [2.24, 2.45) is 11.7 Å². The fraction of sp³-hybridized carbons (Fsp3) is 0.381. The van der Waals surface area contributed by atoms with Crippen molar-refractivity contribution in [1.82, 2.24) is 5.32 Å². The molecule has 4 nitrogen and oxygen atoms in total. The zero-order valence-electron chi connectivity index (χ0n) is 15.9. The van der Waals surface area contributed by atoms with Crippen molar-refractivity contribution in [1.29, 1.82) is 0 Å². The minimum Gasteiger partial charge on any atom is -0.496 e. The maximum Gasteiger partial charge on any atom is 0.237 e. The van der Waals surface area contributed by atoms with Gasteiger partial charge in [0, 0.05) is 5.56 Å². The van der Waals surface area contributed by atoms with Crippen molar-refractivity contribution in [2.45, 2.75) is 39.3 Å². The lowest BCUT2D eigenvalue weighted by Gasteiger charge is -2.21. The Bertz CT molecular complexity index is 703. The molecular formula is C21H29ClN2O2. The number of nitrogens with two attached hydrogens (primary N) is 1. The van der Waals surface area contributed by atoms with Crippen LogP contribution < -0.4 is 15.8 Å². The van der Waals surface area contributed by atoms with Crippen LogP contribution in [-0.4, -0.2) is 19.1 Å². The van der Waals surface area contributed by atoms with Crippen molar-refractivity contribution in [2.75, 3.05) is 7.11 Å². The summed E-state index contributed by atoms with van der Waals surface area (Å²) in [6.45, 7) is 6.01. The Morgan fingerprint density at radius 3 is 2.31 bits per heavy atom. The molecule has 0 spiro atoms. The first-order chi connectivity index (χ1) is 12.0. The third-order valence-electron chi connectivity index (χ3n) is 4.75. The highest BCUT2D eigenvalue weighted by molar-refractivity contribution is 5.85. The fourth-order valence-corrected chi connectivity index (χ4v) is 2.74. The normalized spacial score (nSPS) is 13.9. The van der Waals surface area contributed by atoms with Crippen LogP contribution in [0.5, 0.6) is 5.75 Å². The summed E-state index contributed by atoms with van der Waals surface area (Å²) in [7, 11) is 1.67. The third-order valence-corrected chi connectivity index (χ3v) is 4.75. The first-order valence-electron chi connectivity index (χ1n) is 8.77. The van der Waals surface area contributed by atoms with Gasteiger partial charge < -0.3 is 15.8 Å². The number of methoxy groups -OCH3 is 1. The first-order valence-corrected chi connectivity index (χ1v) is 8.77. The summed E-state index contributed by atoms with van der Waals surface area (Å²) in [6, 6.07) is 15.5. The number of benzene rings is 2. The number of carbonyl (C=O) groups is 1. The Kier molecular flexibility index (Phi) is 8.62. The molecule has 0 saturated heterocycles. The number of carbonyl (C=O) groups excluding carboxylic acids is 1. The monoisotopic (exact) mass is 376 g/mol. The Morgan fingerprint density at radius 2 is 1.73 bits per heavy atom. The molecule has 3 unspecified atom stereocenters. The number of amides is 1.